The molecule has 9 heavy (non-hydrogen) atoms. The van der Waals surface area contributed by atoms with Crippen LogP contribution in [0.3, 0.4) is 0 Å². The summed E-state index contributed by atoms with van der Waals surface area (Å²) >= 11 is 0. The quantitative estimate of drug-likeness (QED) is 0.388. The van der Waals surface area contributed by atoms with Gasteiger partial charge in [0, 0.05) is 0 Å². The normalized spacial score (nSPS) is 36.0. The smallest absolute Gasteiger partial charge is 0.162 e. The van der Waals surface area contributed by atoms with E-state index in [1.54, 1.807) is 0 Å². The fraction of sp³-hybridized carbons (Fsp3) is 1.00. The van der Waals surface area contributed by atoms with Crippen LogP contribution in [0.5, 0.6) is 0 Å². The molecule has 1 aliphatic heterocycles. The van der Waals surface area contributed by atoms with Crippen LogP contribution in [0, 0.1) is 5.92 Å². The van der Waals surface area contributed by atoms with Crippen molar-refractivity contribution in [3.63, 3.8) is 0 Å². The molecule has 1 rings (SSSR count). The van der Waals surface area contributed by atoms with E-state index in [1.165, 1.54) is 0 Å². The zero-order chi connectivity index (χ0) is 6.85. The first-order valence-corrected chi connectivity index (χ1v) is 2.87. The molecule has 0 saturated carbocycles. The molecule has 0 bridgehead atoms. The minimum atomic E-state index is -1.46. The lowest BCUT2D eigenvalue weighted by Gasteiger charge is -2.13. The summed E-state index contributed by atoms with van der Waals surface area (Å²) in [6, 6.07) is 0. The summed E-state index contributed by atoms with van der Waals surface area (Å²) in [4.78, 5) is 0. The molecule has 0 aliphatic carbocycles. The molecule has 3 N–H and O–H groups in total. The van der Waals surface area contributed by atoms with Crippen molar-refractivity contribution in [1.82, 2.24) is 0 Å². The van der Waals surface area contributed by atoms with Gasteiger partial charge in [0.05, 0.1) is 12.5 Å². The molecular formula is C5H10O4. The molecule has 4 heteroatoms. The van der Waals surface area contributed by atoms with E-state index in [4.69, 9.17) is 15.3 Å². The molecule has 0 aromatic carbocycles. The maximum absolute atomic E-state index is 8.82. The van der Waals surface area contributed by atoms with E-state index in [0.29, 0.717) is 13.0 Å². The van der Waals surface area contributed by atoms with Crippen molar-refractivity contribution in [2.45, 2.75) is 19.0 Å². The Hall–Kier alpha value is -0.160. The third kappa shape index (κ3) is 1.40. The third-order valence-electron chi connectivity index (χ3n) is 1.49. The van der Waals surface area contributed by atoms with Crippen molar-refractivity contribution in [1.29, 1.82) is 0 Å². The highest BCUT2D eigenvalue weighted by atomic mass is 16.6. The number of ether oxygens (including phenoxy) is 1. The van der Waals surface area contributed by atoms with Crippen molar-refractivity contribution < 1.29 is 20.1 Å². The Labute approximate surface area is 52.7 Å². The summed E-state index contributed by atoms with van der Waals surface area (Å²) in [5.41, 5.74) is 0. The Balaban J connectivity index is 2.40. The zero-order valence-electron chi connectivity index (χ0n) is 4.90. The first kappa shape index (κ1) is 6.95. The maximum atomic E-state index is 8.82. The second-order valence-corrected chi connectivity index (χ2v) is 2.13. The summed E-state index contributed by atoms with van der Waals surface area (Å²) in [6.45, 7) is 0.406. The van der Waals surface area contributed by atoms with E-state index >= 15 is 0 Å². The van der Waals surface area contributed by atoms with Crippen molar-refractivity contribution in [2.24, 2.45) is 5.92 Å². The topological polar surface area (TPSA) is 69.9 Å². The van der Waals surface area contributed by atoms with Crippen LogP contribution >= 0.6 is 0 Å². The van der Waals surface area contributed by atoms with Gasteiger partial charge in [0.15, 0.2) is 12.6 Å². The Morgan fingerprint density at radius 1 is 1.44 bits per heavy atom. The van der Waals surface area contributed by atoms with Crippen LogP contribution in [0.4, 0.5) is 0 Å². The summed E-state index contributed by atoms with van der Waals surface area (Å²) < 4.78 is 4.66. The maximum Gasteiger partial charge on any atom is 0.162 e. The number of aliphatic hydroxyl groups is 3. The van der Waals surface area contributed by atoms with Gasteiger partial charge in [-0.2, -0.15) is 0 Å². The van der Waals surface area contributed by atoms with Gasteiger partial charge in [-0.15, -0.1) is 0 Å². The molecule has 2 unspecified atom stereocenters. The average Bonchev–Trinajstić information content (AvgIpc) is 2.13. The standard InChI is InChI=1S/C5H10O4/c6-4(7)3-1-2-9-5(3)8/h3-8H,1-2H2. The van der Waals surface area contributed by atoms with Crippen LogP contribution in [-0.2, 0) is 4.74 Å². The Morgan fingerprint density at radius 2 is 2.11 bits per heavy atom. The molecule has 1 aliphatic rings. The summed E-state index contributed by atoms with van der Waals surface area (Å²) in [5, 5.41) is 25.9. The second-order valence-electron chi connectivity index (χ2n) is 2.13. The molecule has 0 spiro atoms. The van der Waals surface area contributed by atoms with E-state index in [0.717, 1.165) is 0 Å². The third-order valence-corrected chi connectivity index (χ3v) is 1.49. The minimum Gasteiger partial charge on any atom is -0.368 e. The highest BCUT2D eigenvalue weighted by molar-refractivity contribution is 4.68. The molecular weight excluding hydrogens is 124 g/mol. The molecule has 0 amide bonds. The van der Waals surface area contributed by atoms with Gasteiger partial charge in [-0.3, -0.25) is 0 Å². The number of hydrogen-bond acceptors (Lipinski definition) is 4. The summed E-state index contributed by atoms with van der Waals surface area (Å²) in [7, 11) is 0. The van der Waals surface area contributed by atoms with Gasteiger partial charge in [0.1, 0.15) is 0 Å². The van der Waals surface area contributed by atoms with Gasteiger partial charge in [-0.1, -0.05) is 0 Å². The fourth-order valence-electron chi connectivity index (χ4n) is 0.887. The van der Waals surface area contributed by atoms with E-state index < -0.39 is 18.5 Å². The number of hydrogen-bond donors (Lipinski definition) is 3. The molecule has 0 radical (unpaired) electrons. The Kier molecular flexibility index (Phi) is 2.02. The predicted octanol–water partition coefficient (Wildman–Crippen LogP) is -1.35. The van der Waals surface area contributed by atoms with Gasteiger partial charge in [0.25, 0.3) is 0 Å². The van der Waals surface area contributed by atoms with E-state index in [9.17, 15) is 0 Å². The summed E-state index contributed by atoms with van der Waals surface area (Å²) in [6.07, 6.45) is -1.94. The Bertz CT molecular complexity index is 93.0. The molecule has 1 heterocycles. The molecule has 54 valence electrons. The fourth-order valence-corrected chi connectivity index (χ4v) is 0.887. The average molecular weight is 134 g/mol. The van der Waals surface area contributed by atoms with Crippen LogP contribution in [0.25, 0.3) is 0 Å². The van der Waals surface area contributed by atoms with E-state index in [1.807, 2.05) is 0 Å². The van der Waals surface area contributed by atoms with Crippen molar-refractivity contribution >= 4 is 0 Å². The van der Waals surface area contributed by atoms with Gasteiger partial charge in [-0.05, 0) is 6.42 Å². The molecule has 2 atom stereocenters. The van der Waals surface area contributed by atoms with Crippen molar-refractivity contribution in [2.75, 3.05) is 6.61 Å². The Morgan fingerprint density at radius 3 is 2.33 bits per heavy atom. The lowest BCUT2D eigenvalue weighted by Crippen LogP contribution is -2.27. The second kappa shape index (κ2) is 2.62. The van der Waals surface area contributed by atoms with Crippen LogP contribution in [0.1, 0.15) is 6.42 Å². The van der Waals surface area contributed by atoms with Crippen molar-refractivity contribution in [3.8, 4) is 0 Å². The van der Waals surface area contributed by atoms with E-state index in [-0.39, 0.29) is 0 Å². The lowest BCUT2D eigenvalue weighted by molar-refractivity contribution is -0.159. The molecule has 1 fully saturated rings. The van der Waals surface area contributed by atoms with Crippen LogP contribution < -0.4 is 0 Å². The highest BCUT2D eigenvalue weighted by Gasteiger charge is 2.31. The molecule has 0 aromatic rings. The molecule has 4 nitrogen and oxygen atoms in total. The SMILES string of the molecule is OC(O)C1CCOC1O. The van der Waals surface area contributed by atoms with Crippen LogP contribution in [0.15, 0.2) is 0 Å². The zero-order valence-corrected chi connectivity index (χ0v) is 4.90. The first-order chi connectivity index (χ1) is 4.22. The number of rotatable bonds is 1. The van der Waals surface area contributed by atoms with E-state index in [2.05, 4.69) is 4.74 Å². The largest absolute Gasteiger partial charge is 0.368 e. The first-order valence-electron chi connectivity index (χ1n) is 2.87. The molecule has 0 aromatic heterocycles. The monoisotopic (exact) mass is 134 g/mol. The van der Waals surface area contributed by atoms with Crippen molar-refractivity contribution in [3.05, 3.63) is 0 Å². The van der Waals surface area contributed by atoms with Gasteiger partial charge in [-0.25, -0.2) is 0 Å². The van der Waals surface area contributed by atoms with Gasteiger partial charge < -0.3 is 20.1 Å². The molecule has 1 saturated heterocycles. The van der Waals surface area contributed by atoms with Gasteiger partial charge in [0.2, 0.25) is 0 Å². The van der Waals surface area contributed by atoms with Crippen LogP contribution in [0.2, 0.25) is 0 Å². The number of aliphatic hydroxyl groups excluding tert-OH is 2. The lowest BCUT2D eigenvalue weighted by atomic mass is 10.1. The predicted molar refractivity (Wildman–Crippen MR) is 28.3 cm³/mol. The van der Waals surface area contributed by atoms with Crippen LogP contribution in [-0.4, -0.2) is 34.5 Å². The highest BCUT2D eigenvalue weighted by Crippen LogP contribution is 2.20. The van der Waals surface area contributed by atoms with Gasteiger partial charge >= 0.3 is 0 Å². The summed E-state index contributed by atoms with van der Waals surface area (Å²) in [5.74, 6) is -0.523. The minimum absolute atomic E-state index is 0.406.